The molecule has 2 aromatic rings. The van der Waals surface area contributed by atoms with Gasteiger partial charge in [-0.3, -0.25) is 19.3 Å². The van der Waals surface area contributed by atoms with Crippen molar-refractivity contribution < 1.29 is 29.0 Å². The maximum atomic E-state index is 12.8. The third-order valence-electron chi connectivity index (χ3n) is 5.93. The summed E-state index contributed by atoms with van der Waals surface area (Å²) in [4.78, 5) is 39.9. The number of fused-ring (bicyclic) bond motifs is 1. The van der Waals surface area contributed by atoms with Crippen LogP contribution in [-0.4, -0.2) is 65.0 Å². The van der Waals surface area contributed by atoms with Gasteiger partial charge in [0.25, 0.3) is 5.91 Å². The molecule has 1 atom stereocenters. The van der Waals surface area contributed by atoms with E-state index in [4.69, 9.17) is 20.3 Å². The molecule has 3 heterocycles. The highest BCUT2D eigenvalue weighted by atomic mass is 32.1. The first-order chi connectivity index (χ1) is 15.9. The fraction of sp³-hybridized carbons (Fsp3) is 0.435. The molecular weight excluding hydrogens is 446 g/mol. The molecule has 176 valence electrons. The lowest BCUT2D eigenvalue weighted by atomic mass is 10.1. The van der Waals surface area contributed by atoms with Crippen molar-refractivity contribution in [1.82, 2.24) is 9.80 Å². The summed E-state index contributed by atoms with van der Waals surface area (Å²) in [5.74, 6) is -1.29. The van der Waals surface area contributed by atoms with Crippen molar-refractivity contribution in [2.75, 3.05) is 26.3 Å². The molecule has 0 radical (unpaired) electrons. The Labute approximate surface area is 195 Å². The zero-order valence-corrected chi connectivity index (χ0v) is 19.0. The topological polar surface area (TPSA) is 122 Å². The van der Waals surface area contributed by atoms with E-state index in [0.29, 0.717) is 11.5 Å². The van der Waals surface area contributed by atoms with E-state index < -0.39 is 17.9 Å². The minimum Gasteiger partial charge on any atom is -0.489 e. The molecule has 0 aliphatic carbocycles. The van der Waals surface area contributed by atoms with Gasteiger partial charge in [-0.25, -0.2) is 0 Å². The van der Waals surface area contributed by atoms with Crippen molar-refractivity contribution in [3.8, 4) is 5.75 Å². The molecule has 2 aliphatic heterocycles. The van der Waals surface area contributed by atoms with E-state index in [-0.39, 0.29) is 25.3 Å². The van der Waals surface area contributed by atoms with E-state index >= 15 is 0 Å². The molecule has 0 bridgehead atoms. The Morgan fingerprint density at radius 1 is 1.21 bits per heavy atom. The number of carboxylic acids is 1. The number of nitrogens with two attached hydrogens (primary N) is 1. The molecular formula is C23H27N3O6S. The van der Waals surface area contributed by atoms with Crippen LogP contribution in [0.5, 0.6) is 5.75 Å². The molecule has 33 heavy (non-hydrogen) atoms. The largest absolute Gasteiger partial charge is 0.489 e. The highest BCUT2D eigenvalue weighted by Gasteiger charge is 2.38. The van der Waals surface area contributed by atoms with Crippen molar-refractivity contribution in [3.05, 3.63) is 51.2 Å². The van der Waals surface area contributed by atoms with Crippen LogP contribution in [0.3, 0.4) is 0 Å². The highest BCUT2D eigenvalue weighted by Crippen LogP contribution is 2.34. The van der Waals surface area contributed by atoms with Crippen molar-refractivity contribution in [1.29, 1.82) is 0 Å². The number of hydrogen-bond acceptors (Lipinski definition) is 7. The summed E-state index contributed by atoms with van der Waals surface area (Å²) in [7, 11) is 0. The quantitative estimate of drug-likeness (QED) is 0.540. The average molecular weight is 474 g/mol. The number of ether oxygens (including phenoxy) is 2. The van der Waals surface area contributed by atoms with E-state index in [1.807, 2.05) is 29.6 Å². The van der Waals surface area contributed by atoms with E-state index in [9.17, 15) is 14.4 Å². The predicted octanol–water partition coefficient (Wildman–Crippen LogP) is 1.83. The van der Waals surface area contributed by atoms with Crippen LogP contribution in [0.15, 0.2) is 29.6 Å². The average Bonchev–Trinajstić information content (AvgIpc) is 3.34. The summed E-state index contributed by atoms with van der Waals surface area (Å²) in [6.45, 7) is 4.81. The van der Waals surface area contributed by atoms with Gasteiger partial charge in [-0.05, 0) is 29.5 Å². The summed E-state index contributed by atoms with van der Waals surface area (Å²) in [5.41, 5.74) is 8.36. The van der Waals surface area contributed by atoms with E-state index in [1.54, 1.807) is 0 Å². The number of carbonyl (C=O) groups excluding carboxylic acids is 2. The summed E-state index contributed by atoms with van der Waals surface area (Å²) in [6.07, 6.45) is -0.240. The van der Waals surface area contributed by atoms with Gasteiger partial charge >= 0.3 is 5.97 Å². The van der Waals surface area contributed by atoms with E-state index in [0.717, 1.165) is 49.7 Å². The van der Waals surface area contributed by atoms with Crippen LogP contribution in [0, 0.1) is 0 Å². The molecule has 4 rings (SSSR count). The fourth-order valence-electron chi connectivity index (χ4n) is 4.10. The van der Waals surface area contributed by atoms with E-state index in [2.05, 4.69) is 4.90 Å². The predicted molar refractivity (Wildman–Crippen MR) is 121 cm³/mol. The summed E-state index contributed by atoms with van der Waals surface area (Å²) < 4.78 is 11.3. The first-order valence-electron chi connectivity index (χ1n) is 10.9. The number of amides is 2. The third kappa shape index (κ3) is 5.52. The minimum atomic E-state index is -1.03. The van der Waals surface area contributed by atoms with Crippen molar-refractivity contribution in [2.24, 2.45) is 5.73 Å². The smallest absolute Gasteiger partial charge is 0.303 e. The second-order valence-electron chi connectivity index (χ2n) is 8.17. The van der Waals surface area contributed by atoms with Gasteiger partial charge in [0.05, 0.1) is 18.1 Å². The van der Waals surface area contributed by atoms with Crippen LogP contribution >= 0.6 is 11.3 Å². The van der Waals surface area contributed by atoms with Gasteiger partial charge in [0.1, 0.15) is 18.4 Å². The van der Waals surface area contributed by atoms with Crippen LogP contribution in [0.25, 0.3) is 0 Å². The zero-order valence-electron chi connectivity index (χ0n) is 18.2. The van der Waals surface area contributed by atoms with Gasteiger partial charge in [0, 0.05) is 43.7 Å². The Balaban J connectivity index is 1.36. The van der Waals surface area contributed by atoms with Gasteiger partial charge in [-0.15, -0.1) is 11.3 Å². The lowest BCUT2D eigenvalue weighted by molar-refractivity contribution is -0.137. The normalized spacial score (nSPS) is 17.1. The van der Waals surface area contributed by atoms with Gasteiger partial charge in [-0.1, -0.05) is 12.1 Å². The number of primary amides is 1. The van der Waals surface area contributed by atoms with Gasteiger partial charge in [-0.2, -0.15) is 0 Å². The molecule has 3 N–H and O–H groups in total. The molecule has 9 nitrogen and oxygen atoms in total. The molecule has 1 saturated heterocycles. The second-order valence-corrected chi connectivity index (χ2v) is 9.05. The number of thiophene rings is 1. The van der Waals surface area contributed by atoms with Crippen LogP contribution in [0.1, 0.15) is 39.2 Å². The third-order valence-corrected chi connectivity index (χ3v) is 6.99. The number of rotatable bonds is 10. The Bertz CT molecular complexity index is 1020. The molecule has 1 fully saturated rings. The van der Waals surface area contributed by atoms with Crippen LogP contribution < -0.4 is 10.5 Å². The maximum Gasteiger partial charge on any atom is 0.303 e. The maximum absolute atomic E-state index is 12.8. The summed E-state index contributed by atoms with van der Waals surface area (Å²) in [6, 6.07) is 7.03. The van der Waals surface area contributed by atoms with E-state index in [1.165, 1.54) is 21.8 Å². The molecule has 1 unspecified atom stereocenters. The number of carboxylic acid groups (broad SMARTS) is 1. The van der Waals surface area contributed by atoms with Gasteiger partial charge in [0.15, 0.2) is 0 Å². The van der Waals surface area contributed by atoms with Crippen molar-refractivity contribution in [3.63, 3.8) is 0 Å². The number of carbonyl (C=O) groups is 3. The lowest BCUT2D eigenvalue weighted by Gasteiger charge is -2.26. The number of hydrogen-bond donors (Lipinski definition) is 2. The first kappa shape index (κ1) is 23.2. The number of aliphatic carboxylic acids is 1. The molecule has 0 spiro atoms. The molecule has 2 aliphatic rings. The SMILES string of the molecule is NC(=O)C(CCC(=O)O)N1Cc2c(COc3ccc(CN4CCOCC4)cc3)csc2C1=O. The van der Waals surface area contributed by atoms with Crippen LogP contribution in [0.2, 0.25) is 0 Å². The summed E-state index contributed by atoms with van der Waals surface area (Å²) >= 11 is 1.31. The van der Waals surface area contributed by atoms with Crippen LogP contribution in [-0.2, 0) is 34.0 Å². The molecule has 1 aromatic carbocycles. The minimum absolute atomic E-state index is 0.00597. The Kier molecular flexibility index (Phi) is 7.26. The molecule has 2 amide bonds. The Hall–Kier alpha value is -2.95. The Morgan fingerprint density at radius 3 is 2.61 bits per heavy atom. The summed E-state index contributed by atoms with van der Waals surface area (Å²) in [5, 5.41) is 10.8. The highest BCUT2D eigenvalue weighted by molar-refractivity contribution is 7.12. The number of morpholine rings is 1. The van der Waals surface area contributed by atoms with Crippen molar-refractivity contribution >= 4 is 29.1 Å². The van der Waals surface area contributed by atoms with Crippen molar-refractivity contribution in [2.45, 2.75) is 38.6 Å². The van der Waals surface area contributed by atoms with Crippen LogP contribution in [0.4, 0.5) is 0 Å². The monoisotopic (exact) mass is 473 g/mol. The zero-order chi connectivity index (χ0) is 23.4. The first-order valence-corrected chi connectivity index (χ1v) is 11.7. The number of benzene rings is 1. The number of nitrogens with zero attached hydrogens (tertiary/aromatic N) is 2. The molecule has 0 saturated carbocycles. The molecule has 10 heteroatoms. The lowest BCUT2D eigenvalue weighted by Crippen LogP contribution is -2.45. The molecule has 1 aromatic heterocycles. The Morgan fingerprint density at radius 2 is 1.94 bits per heavy atom. The standard InChI is InChI=1S/C23H27N3O6S/c24-22(29)19(5-6-20(27)28)26-12-18-16(14-33-21(18)23(26)30)13-32-17-3-1-15(2-4-17)11-25-7-9-31-10-8-25/h1-4,14,19H,5-13H2,(H2,24,29)(H,27,28). The van der Waals surface area contributed by atoms with Gasteiger partial charge in [0.2, 0.25) is 5.91 Å². The fourth-order valence-corrected chi connectivity index (χ4v) is 5.12. The van der Waals surface area contributed by atoms with Gasteiger partial charge < -0.3 is 25.2 Å². The second kappa shape index (κ2) is 10.3.